The van der Waals surface area contributed by atoms with Gasteiger partial charge in [0.1, 0.15) is 0 Å². The normalized spacial score (nSPS) is 22.2. The second-order valence-electron chi connectivity index (χ2n) is 6.70. The lowest BCUT2D eigenvalue weighted by molar-refractivity contribution is -0.122. The molecule has 2 atom stereocenters. The largest absolute Gasteiger partial charge is 0.352 e. The maximum absolute atomic E-state index is 11.9. The average molecular weight is 296 g/mol. The van der Waals surface area contributed by atoms with Gasteiger partial charge in [-0.2, -0.15) is 0 Å². The molecule has 0 spiro atoms. The van der Waals surface area contributed by atoms with Crippen LogP contribution in [-0.2, 0) is 4.79 Å². The molecule has 1 amide bonds. The number of unbranched alkanes of at least 4 members (excludes halogenated alkanes) is 8. The average Bonchev–Trinajstić information content (AvgIpc) is 2.48. The quantitative estimate of drug-likeness (QED) is 0.559. The lowest BCUT2D eigenvalue weighted by Crippen LogP contribution is -2.49. The van der Waals surface area contributed by atoms with Gasteiger partial charge in [0.15, 0.2) is 0 Å². The van der Waals surface area contributed by atoms with Crippen LogP contribution in [0.3, 0.4) is 0 Å². The summed E-state index contributed by atoms with van der Waals surface area (Å²) in [5.74, 6) is 0.209. The van der Waals surface area contributed by atoms with E-state index in [0.717, 1.165) is 19.3 Å². The lowest BCUT2D eigenvalue weighted by Gasteiger charge is -2.29. The third-order valence-corrected chi connectivity index (χ3v) is 4.67. The van der Waals surface area contributed by atoms with Crippen LogP contribution < -0.4 is 11.1 Å². The van der Waals surface area contributed by atoms with Gasteiger partial charge in [-0.15, -0.1) is 0 Å². The minimum absolute atomic E-state index is 0.172. The summed E-state index contributed by atoms with van der Waals surface area (Å²) in [5.41, 5.74) is 6.06. The highest BCUT2D eigenvalue weighted by atomic mass is 16.1. The van der Waals surface area contributed by atoms with Gasteiger partial charge in [0.2, 0.25) is 5.91 Å². The molecule has 2 unspecified atom stereocenters. The molecule has 1 fully saturated rings. The highest BCUT2D eigenvalue weighted by Crippen LogP contribution is 2.17. The SMILES string of the molecule is CCCCCCCCCCCC(=O)NC1CCCCC1N. The molecule has 21 heavy (non-hydrogen) atoms. The second-order valence-corrected chi connectivity index (χ2v) is 6.70. The molecule has 1 saturated carbocycles. The first-order valence-electron chi connectivity index (χ1n) is 9.29. The van der Waals surface area contributed by atoms with Crippen molar-refractivity contribution in [1.29, 1.82) is 0 Å². The van der Waals surface area contributed by atoms with Gasteiger partial charge in [0.05, 0.1) is 0 Å². The Kier molecular flexibility index (Phi) is 10.6. The first-order valence-corrected chi connectivity index (χ1v) is 9.29. The molecule has 3 N–H and O–H groups in total. The van der Waals surface area contributed by atoms with Crippen LogP contribution in [0.15, 0.2) is 0 Å². The number of carbonyl (C=O) groups is 1. The third-order valence-electron chi connectivity index (χ3n) is 4.67. The minimum Gasteiger partial charge on any atom is -0.352 e. The van der Waals surface area contributed by atoms with Crippen molar-refractivity contribution < 1.29 is 4.79 Å². The van der Waals surface area contributed by atoms with Crippen molar-refractivity contribution in [3.8, 4) is 0 Å². The van der Waals surface area contributed by atoms with Gasteiger partial charge in [-0.1, -0.05) is 71.1 Å². The Morgan fingerprint density at radius 3 is 2.14 bits per heavy atom. The molecule has 0 heterocycles. The number of carbonyl (C=O) groups excluding carboxylic acids is 1. The summed E-state index contributed by atoms with van der Waals surface area (Å²) in [6.45, 7) is 2.26. The van der Waals surface area contributed by atoms with Crippen LogP contribution in [0, 0.1) is 0 Å². The Hall–Kier alpha value is -0.570. The van der Waals surface area contributed by atoms with E-state index in [1.165, 1.54) is 64.2 Å². The van der Waals surface area contributed by atoms with Crippen molar-refractivity contribution in [1.82, 2.24) is 5.32 Å². The molecule has 0 aliphatic heterocycles. The van der Waals surface area contributed by atoms with Crippen molar-refractivity contribution in [2.45, 2.75) is 109 Å². The predicted octanol–water partition coefficient (Wildman–Crippen LogP) is 4.29. The fourth-order valence-corrected chi connectivity index (χ4v) is 3.21. The Labute approximate surface area is 131 Å². The molecule has 0 saturated heterocycles. The topological polar surface area (TPSA) is 55.1 Å². The van der Waals surface area contributed by atoms with Gasteiger partial charge >= 0.3 is 0 Å². The Bertz CT molecular complexity index is 268. The van der Waals surface area contributed by atoms with E-state index in [4.69, 9.17) is 5.73 Å². The smallest absolute Gasteiger partial charge is 0.220 e. The fraction of sp³-hybridized carbons (Fsp3) is 0.944. The molecule has 3 nitrogen and oxygen atoms in total. The van der Waals surface area contributed by atoms with E-state index in [1.807, 2.05) is 0 Å². The molecule has 0 aromatic carbocycles. The number of nitrogens with two attached hydrogens (primary N) is 1. The van der Waals surface area contributed by atoms with Crippen LogP contribution in [0.25, 0.3) is 0 Å². The Balaban J connectivity index is 1.91. The minimum atomic E-state index is 0.172. The summed E-state index contributed by atoms with van der Waals surface area (Å²) < 4.78 is 0. The molecule has 0 radical (unpaired) electrons. The van der Waals surface area contributed by atoms with Crippen molar-refractivity contribution in [3.63, 3.8) is 0 Å². The van der Waals surface area contributed by atoms with Crippen LogP contribution in [0.1, 0.15) is 96.8 Å². The van der Waals surface area contributed by atoms with Gasteiger partial charge in [-0.25, -0.2) is 0 Å². The predicted molar refractivity (Wildman–Crippen MR) is 90.2 cm³/mol. The maximum atomic E-state index is 11.9. The molecule has 0 aromatic heterocycles. The number of amides is 1. The molecule has 1 aliphatic carbocycles. The first-order chi connectivity index (χ1) is 10.2. The zero-order valence-corrected chi connectivity index (χ0v) is 14.0. The summed E-state index contributed by atoms with van der Waals surface area (Å²) in [6, 6.07) is 0.399. The van der Waals surface area contributed by atoms with Crippen molar-refractivity contribution in [2.75, 3.05) is 0 Å². The van der Waals surface area contributed by atoms with Crippen molar-refractivity contribution >= 4 is 5.91 Å². The van der Waals surface area contributed by atoms with Crippen LogP contribution in [0.5, 0.6) is 0 Å². The van der Waals surface area contributed by atoms with Crippen LogP contribution in [0.2, 0.25) is 0 Å². The Morgan fingerprint density at radius 1 is 0.952 bits per heavy atom. The molecule has 1 aliphatic rings. The van der Waals surface area contributed by atoms with Gasteiger partial charge < -0.3 is 11.1 Å². The molecule has 0 bridgehead atoms. The number of hydrogen-bond acceptors (Lipinski definition) is 2. The zero-order chi connectivity index (χ0) is 15.3. The number of rotatable bonds is 11. The summed E-state index contributed by atoms with van der Waals surface area (Å²) in [6.07, 6.45) is 16.9. The highest BCUT2D eigenvalue weighted by Gasteiger charge is 2.22. The zero-order valence-electron chi connectivity index (χ0n) is 14.0. The molecule has 1 rings (SSSR count). The van der Waals surface area contributed by atoms with E-state index in [9.17, 15) is 4.79 Å². The molecule has 3 heteroatoms. The first kappa shape index (κ1) is 18.5. The Morgan fingerprint density at radius 2 is 1.52 bits per heavy atom. The number of hydrogen-bond donors (Lipinski definition) is 2. The molecule has 124 valence electrons. The number of nitrogens with one attached hydrogen (secondary N) is 1. The highest BCUT2D eigenvalue weighted by molar-refractivity contribution is 5.76. The molecular weight excluding hydrogens is 260 g/mol. The second kappa shape index (κ2) is 12.0. The van der Waals surface area contributed by atoms with Crippen molar-refractivity contribution in [2.24, 2.45) is 5.73 Å². The van der Waals surface area contributed by atoms with E-state index < -0.39 is 0 Å². The van der Waals surface area contributed by atoms with Gasteiger partial charge in [-0.05, 0) is 19.3 Å². The van der Waals surface area contributed by atoms with E-state index in [1.54, 1.807) is 0 Å². The van der Waals surface area contributed by atoms with Crippen LogP contribution in [-0.4, -0.2) is 18.0 Å². The summed E-state index contributed by atoms with van der Waals surface area (Å²) in [7, 11) is 0. The third kappa shape index (κ3) is 9.13. The summed E-state index contributed by atoms with van der Waals surface area (Å²) in [4.78, 5) is 11.9. The van der Waals surface area contributed by atoms with Gasteiger partial charge in [-0.3, -0.25) is 4.79 Å². The standard InChI is InChI=1S/C18H36N2O/c1-2-3-4-5-6-7-8-9-10-15-18(21)20-17-14-12-11-13-16(17)19/h16-17H,2-15,19H2,1H3,(H,20,21). The fourth-order valence-electron chi connectivity index (χ4n) is 3.21. The lowest BCUT2D eigenvalue weighted by atomic mass is 9.91. The van der Waals surface area contributed by atoms with E-state index in [2.05, 4.69) is 12.2 Å². The van der Waals surface area contributed by atoms with E-state index in [0.29, 0.717) is 6.42 Å². The van der Waals surface area contributed by atoms with Crippen molar-refractivity contribution in [3.05, 3.63) is 0 Å². The van der Waals surface area contributed by atoms with Gasteiger partial charge in [0.25, 0.3) is 0 Å². The van der Waals surface area contributed by atoms with E-state index >= 15 is 0 Å². The van der Waals surface area contributed by atoms with Crippen LogP contribution >= 0.6 is 0 Å². The van der Waals surface area contributed by atoms with Gasteiger partial charge in [0, 0.05) is 18.5 Å². The van der Waals surface area contributed by atoms with E-state index in [-0.39, 0.29) is 18.0 Å². The van der Waals surface area contributed by atoms with Crippen LogP contribution in [0.4, 0.5) is 0 Å². The molecule has 0 aromatic rings. The summed E-state index contributed by atoms with van der Waals surface area (Å²) in [5, 5.41) is 3.13. The maximum Gasteiger partial charge on any atom is 0.220 e. The summed E-state index contributed by atoms with van der Waals surface area (Å²) >= 11 is 0. The monoisotopic (exact) mass is 296 g/mol. The molecular formula is C18H36N2O.